The third kappa shape index (κ3) is 4.76. The summed E-state index contributed by atoms with van der Waals surface area (Å²) in [6.07, 6.45) is -3.09. The number of halogens is 3. The summed E-state index contributed by atoms with van der Waals surface area (Å²) in [5.74, 6) is -0.344. The molecule has 1 heterocycles. The van der Waals surface area contributed by atoms with Gasteiger partial charge in [0.15, 0.2) is 0 Å². The highest BCUT2D eigenvalue weighted by Gasteiger charge is 2.31. The molecule has 1 N–H and O–H groups in total. The van der Waals surface area contributed by atoms with Crippen LogP contribution in [0.25, 0.3) is 11.0 Å². The number of anilines is 1. The number of ether oxygens (including phenoxy) is 2. The number of benzene rings is 2. The van der Waals surface area contributed by atoms with E-state index in [2.05, 4.69) is 5.32 Å². The summed E-state index contributed by atoms with van der Waals surface area (Å²) >= 11 is 0. The van der Waals surface area contributed by atoms with Crippen LogP contribution in [0, 0.1) is 13.8 Å². The van der Waals surface area contributed by atoms with Gasteiger partial charge in [-0.25, -0.2) is 0 Å². The van der Waals surface area contributed by atoms with E-state index in [1.165, 1.54) is 19.4 Å². The smallest absolute Gasteiger partial charge is 0.416 e. The minimum Gasteiger partial charge on any atom is -0.489 e. The number of aryl methyl sites for hydroxylation is 2. The molecule has 8 heteroatoms. The van der Waals surface area contributed by atoms with E-state index in [1.807, 2.05) is 26.0 Å². The van der Waals surface area contributed by atoms with E-state index in [1.54, 1.807) is 0 Å². The van der Waals surface area contributed by atoms with Gasteiger partial charge in [0.25, 0.3) is 0 Å². The van der Waals surface area contributed by atoms with Crippen LogP contribution in [0.4, 0.5) is 18.9 Å². The molecule has 0 fully saturated rings. The van der Waals surface area contributed by atoms with Gasteiger partial charge >= 0.3 is 6.18 Å². The first-order valence-corrected chi connectivity index (χ1v) is 9.30. The van der Waals surface area contributed by atoms with E-state index in [0.29, 0.717) is 11.1 Å². The highest BCUT2D eigenvalue weighted by Crippen LogP contribution is 2.35. The molecule has 160 valence electrons. The van der Waals surface area contributed by atoms with Crippen molar-refractivity contribution in [2.75, 3.05) is 25.6 Å². The molecule has 0 aliphatic rings. The van der Waals surface area contributed by atoms with E-state index in [4.69, 9.17) is 13.9 Å². The second kappa shape index (κ2) is 8.79. The standard InChI is InChI=1S/C22H22F3NO4/c1-13-4-6-17-15(12-30-21(17)14(13)2)10-20(27)26-18-11-16(22(23,24)25)5-7-19(18)29-9-8-28-3/h4-7,11-12H,8-10H2,1-3H3,(H,26,27). The zero-order valence-electron chi connectivity index (χ0n) is 16.9. The first-order chi connectivity index (χ1) is 14.2. The lowest BCUT2D eigenvalue weighted by atomic mass is 10.0. The van der Waals surface area contributed by atoms with Crippen molar-refractivity contribution in [3.8, 4) is 5.75 Å². The van der Waals surface area contributed by atoms with Gasteiger partial charge in [-0.2, -0.15) is 13.2 Å². The number of carbonyl (C=O) groups is 1. The Balaban J connectivity index is 1.83. The van der Waals surface area contributed by atoms with Crippen molar-refractivity contribution in [1.29, 1.82) is 0 Å². The maximum absolute atomic E-state index is 13.1. The molecule has 30 heavy (non-hydrogen) atoms. The Hall–Kier alpha value is -3.00. The van der Waals surface area contributed by atoms with Crippen LogP contribution in [0.15, 0.2) is 41.0 Å². The lowest BCUT2D eigenvalue weighted by Crippen LogP contribution is -2.17. The number of rotatable bonds is 7. The zero-order valence-corrected chi connectivity index (χ0v) is 16.9. The summed E-state index contributed by atoms with van der Waals surface area (Å²) in [7, 11) is 1.48. The Kier molecular flexibility index (Phi) is 6.36. The Morgan fingerprint density at radius 1 is 1.13 bits per heavy atom. The van der Waals surface area contributed by atoms with Crippen molar-refractivity contribution >= 4 is 22.6 Å². The summed E-state index contributed by atoms with van der Waals surface area (Å²) in [6, 6.07) is 6.76. The normalized spacial score (nSPS) is 11.7. The van der Waals surface area contributed by atoms with Gasteiger partial charge < -0.3 is 19.2 Å². The number of hydrogen-bond donors (Lipinski definition) is 1. The Bertz CT molecular complexity index is 1060. The molecule has 0 aliphatic heterocycles. The molecule has 3 aromatic rings. The van der Waals surface area contributed by atoms with Gasteiger partial charge in [-0.05, 0) is 43.2 Å². The van der Waals surface area contributed by atoms with Crippen molar-refractivity contribution in [2.45, 2.75) is 26.4 Å². The molecule has 0 aliphatic carbocycles. The minimum atomic E-state index is -4.54. The monoisotopic (exact) mass is 421 g/mol. The van der Waals surface area contributed by atoms with Crippen LogP contribution in [-0.4, -0.2) is 26.2 Å². The lowest BCUT2D eigenvalue weighted by Gasteiger charge is -2.15. The van der Waals surface area contributed by atoms with E-state index in [9.17, 15) is 18.0 Å². The number of methoxy groups -OCH3 is 1. The van der Waals surface area contributed by atoms with E-state index >= 15 is 0 Å². The number of furan rings is 1. The predicted molar refractivity (Wildman–Crippen MR) is 107 cm³/mol. The molecular formula is C22H22F3NO4. The molecule has 0 radical (unpaired) electrons. The highest BCUT2D eigenvalue weighted by molar-refractivity contribution is 5.97. The molecule has 0 saturated carbocycles. The second-order valence-electron chi connectivity index (χ2n) is 6.92. The second-order valence-corrected chi connectivity index (χ2v) is 6.92. The molecular weight excluding hydrogens is 399 g/mol. The van der Waals surface area contributed by atoms with Crippen molar-refractivity contribution < 1.29 is 31.9 Å². The highest BCUT2D eigenvalue weighted by atomic mass is 19.4. The fraction of sp³-hybridized carbons (Fsp3) is 0.318. The summed E-state index contributed by atoms with van der Waals surface area (Å²) in [5, 5.41) is 3.33. The predicted octanol–water partition coefficient (Wildman–Crippen LogP) is 5.27. The Labute approximate surface area is 171 Å². The maximum Gasteiger partial charge on any atom is 0.416 e. The molecule has 2 aromatic carbocycles. The van der Waals surface area contributed by atoms with Gasteiger partial charge in [0.1, 0.15) is 17.9 Å². The number of nitrogens with one attached hydrogen (secondary N) is 1. The SMILES string of the molecule is COCCOc1ccc(C(F)(F)F)cc1NC(=O)Cc1coc2c(C)c(C)ccc12. The molecule has 0 atom stereocenters. The summed E-state index contributed by atoms with van der Waals surface area (Å²) in [4.78, 5) is 12.6. The number of amides is 1. The molecule has 0 bridgehead atoms. The van der Waals surface area contributed by atoms with Crippen molar-refractivity contribution in [2.24, 2.45) is 0 Å². The van der Waals surface area contributed by atoms with Gasteiger partial charge in [-0.15, -0.1) is 0 Å². The van der Waals surface area contributed by atoms with Gasteiger partial charge in [-0.1, -0.05) is 12.1 Å². The van der Waals surface area contributed by atoms with Gasteiger partial charge in [-0.3, -0.25) is 4.79 Å². The van der Waals surface area contributed by atoms with Crippen LogP contribution in [0.5, 0.6) is 5.75 Å². The molecule has 3 rings (SSSR count). The Morgan fingerprint density at radius 2 is 1.90 bits per heavy atom. The largest absolute Gasteiger partial charge is 0.489 e. The summed E-state index contributed by atoms with van der Waals surface area (Å²) in [5.41, 5.74) is 2.46. The average molecular weight is 421 g/mol. The van der Waals surface area contributed by atoms with E-state index in [0.717, 1.165) is 28.6 Å². The number of fused-ring (bicyclic) bond motifs is 1. The third-order valence-electron chi connectivity index (χ3n) is 4.82. The third-order valence-corrected chi connectivity index (χ3v) is 4.82. The van der Waals surface area contributed by atoms with Crippen LogP contribution < -0.4 is 10.1 Å². The summed E-state index contributed by atoms with van der Waals surface area (Å²) < 4.78 is 55.3. The lowest BCUT2D eigenvalue weighted by molar-refractivity contribution is -0.137. The van der Waals surface area contributed by atoms with E-state index < -0.39 is 17.6 Å². The van der Waals surface area contributed by atoms with Gasteiger partial charge in [0, 0.05) is 18.1 Å². The van der Waals surface area contributed by atoms with Crippen LogP contribution >= 0.6 is 0 Å². The quantitative estimate of drug-likeness (QED) is 0.528. The number of hydrogen-bond acceptors (Lipinski definition) is 4. The zero-order chi connectivity index (χ0) is 21.9. The fourth-order valence-corrected chi connectivity index (χ4v) is 3.06. The summed E-state index contributed by atoms with van der Waals surface area (Å²) in [6.45, 7) is 4.28. The maximum atomic E-state index is 13.1. The molecule has 1 aromatic heterocycles. The molecule has 0 spiro atoms. The minimum absolute atomic E-state index is 0.0502. The average Bonchev–Trinajstić information content (AvgIpc) is 3.08. The Morgan fingerprint density at radius 3 is 2.60 bits per heavy atom. The van der Waals surface area contributed by atoms with Crippen molar-refractivity contribution in [3.63, 3.8) is 0 Å². The van der Waals surface area contributed by atoms with Crippen LogP contribution in [0.2, 0.25) is 0 Å². The van der Waals surface area contributed by atoms with E-state index in [-0.39, 0.29) is 31.1 Å². The molecule has 0 unspecified atom stereocenters. The molecule has 1 amide bonds. The number of alkyl halides is 3. The van der Waals surface area contributed by atoms with Crippen molar-refractivity contribution in [1.82, 2.24) is 0 Å². The van der Waals surface area contributed by atoms with Crippen LogP contribution in [0.3, 0.4) is 0 Å². The molecule has 5 nitrogen and oxygen atoms in total. The topological polar surface area (TPSA) is 60.7 Å². The fourth-order valence-electron chi connectivity index (χ4n) is 3.06. The number of carbonyl (C=O) groups excluding carboxylic acids is 1. The van der Waals surface area contributed by atoms with Crippen LogP contribution in [-0.2, 0) is 22.1 Å². The molecule has 0 saturated heterocycles. The van der Waals surface area contributed by atoms with Crippen molar-refractivity contribution in [3.05, 3.63) is 58.8 Å². The van der Waals surface area contributed by atoms with Gasteiger partial charge in [0.05, 0.1) is 30.5 Å². The van der Waals surface area contributed by atoms with Gasteiger partial charge in [0.2, 0.25) is 5.91 Å². The first-order valence-electron chi connectivity index (χ1n) is 9.30. The van der Waals surface area contributed by atoms with Crippen LogP contribution in [0.1, 0.15) is 22.3 Å². The first kappa shape index (κ1) is 21.7.